The minimum absolute atomic E-state index is 0.0387. The average molecular weight is 377 g/mol. The van der Waals surface area contributed by atoms with E-state index < -0.39 is 0 Å². The summed E-state index contributed by atoms with van der Waals surface area (Å²) in [4.78, 5) is 12.3. The molecule has 2 N–H and O–H groups in total. The molecule has 0 heterocycles. The molecule has 23 heavy (non-hydrogen) atoms. The number of aromatic hydroxyl groups is 1. The second-order valence-corrected chi connectivity index (χ2v) is 6.01. The van der Waals surface area contributed by atoms with E-state index in [1.54, 1.807) is 36.4 Å². The lowest BCUT2D eigenvalue weighted by atomic mass is 10.2. The smallest absolute Gasteiger partial charge is 0.275 e. The molecule has 0 radical (unpaired) electrons. The first kappa shape index (κ1) is 17.0. The number of hydrazone groups is 1. The number of phenolic OH excluding ortho intramolecular Hbond substituents is 1. The Morgan fingerprint density at radius 2 is 1.96 bits per heavy atom. The highest BCUT2D eigenvalue weighted by Crippen LogP contribution is 2.24. The van der Waals surface area contributed by atoms with Crippen molar-refractivity contribution in [1.82, 2.24) is 5.43 Å². The first-order valence-electron chi connectivity index (χ1n) is 7.04. The number of amides is 1. The molecule has 0 fully saturated rings. The lowest BCUT2D eigenvalue weighted by Crippen LogP contribution is -2.20. The minimum Gasteiger partial charge on any atom is -0.508 e. The lowest BCUT2D eigenvalue weighted by Gasteiger charge is -2.13. The van der Waals surface area contributed by atoms with Gasteiger partial charge in [-0.3, -0.25) is 4.79 Å². The van der Waals surface area contributed by atoms with E-state index in [1.807, 2.05) is 19.9 Å². The molecule has 2 aromatic carbocycles. The molecule has 0 bridgehead atoms. The van der Waals surface area contributed by atoms with Crippen molar-refractivity contribution in [2.24, 2.45) is 5.10 Å². The highest BCUT2D eigenvalue weighted by molar-refractivity contribution is 9.10. The summed E-state index contributed by atoms with van der Waals surface area (Å²) in [5.41, 5.74) is 3.63. The number of carbonyl (C=O) groups is 1. The molecular formula is C17H17BrN2O3. The van der Waals surface area contributed by atoms with Crippen molar-refractivity contribution in [2.45, 2.75) is 20.0 Å². The number of ether oxygens (including phenoxy) is 1. The molecular weight excluding hydrogens is 360 g/mol. The van der Waals surface area contributed by atoms with Crippen molar-refractivity contribution in [3.8, 4) is 11.5 Å². The van der Waals surface area contributed by atoms with E-state index in [2.05, 4.69) is 26.5 Å². The maximum Gasteiger partial charge on any atom is 0.275 e. The topological polar surface area (TPSA) is 70.9 Å². The second kappa shape index (κ2) is 7.78. The second-order valence-electron chi connectivity index (χ2n) is 5.10. The predicted octanol–water partition coefficient (Wildman–Crippen LogP) is 3.71. The maximum atomic E-state index is 12.3. The Labute approximate surface area is 143 Å². The molecule has 2 aromatic rings. The van der Waals surface area contributed by atoms with E-state index >= 15 is 0 Å². The highest BCUT2D eigenvalue weighted by Gasteiger charge is 2.13. The summed E-state index contributed by atoms with van der Waals surface area (Å²) < 4.78 is 6.42. The number of nitrogens with one attached hydrogen (secondary N) is 1. The fourth-order valence-corrected chi connectivity index (χ4v) is 2.18. The van der Waals surface area contributed by atoms with Crippen LogP contribution in [-0.4, -0.2) is 23.3 Å². The molecule has 0 spiro atoms. The molecule has 0 aromatic heterocycles. The molecule has 0 aliphatic carbocycles. The Hall–Kier alpha value is -2.34. The molecule has 0 atom stereocenters. The van der Waals surface area contributed by atoms with Gasteiger partial charge in [0.2, 0.25) is 0 Å². The third-order valence-corrected chi connectivity index (χ3v) is 3.31. The van der Waals surface area contributed by atoms with Crippen molar-refractivity contribution in [3.05, 3.63) is 58.1 Å². The third-order valence-electron chi connectivity index (χ3n) is 2.82. The summed E-state index contributed by atoms with van der Waals surface area (Å²) in [6.07, 6.45) is 1.46. The van der Waals surface area contributed by atoms with E-state index in [-0.39, 0.29) is 17.8 Å². The Morgan fingerprint density at radius 3 is 2.61 bits per heavy atom. The standard InChI is InChI=1S/C17H17BrN2O3/c1-11(2)23-16-8-5-13(18)9-15(16)17(22)20-19-10-12-3-6-14(21)7-4-12/h3-11,21H,1-2H3,(H,20,22)/b19-10-. The molecule has 120 valence electrons. The van der Waals surface area contributed by atoms with Gasteiger partial charge in [-0.2, -0.15) is 5.10 Å². The van der Waals surface area contributed by atoms with Crippen LogP contribution in [-0.2, 0) is 0 Å². The van der Waals surface area contributed by atoms with Crippen LogP contribution >= 0.6 is 15.9 Å². The monoisotopic (exact) mass is 376 g/mol. The summed E-state index contributed by atoms with van der Waals surface area (Å²) in [7, 11) is 0. The number of phenols is 1. The van der Waals surface area contributed by atoms with E-state index in [0.29, 0.717) is 11.3 Å². The summed E-state index contributed by atoms with van der Waals surface area (Å²) >= 11 is 3.34. The van der Waals surface area contributed by atoms with Gasteiger partial charge in [-0.25, -0.2) is 5.43 Å². The Kier molecular flexibility index (Phi) is 5.76. The fraction of sp³-hybridized carbons (Fsp3) is 0.176. The van der Waals surface area contributed by atoms with Crippen LogP contribution in [0.5, 0.6) is 11.5 Å². The molecule has 1 amide bonds. The van der Waals surface area contributed by atoms with Crippen LogP contribution in [0.25, 0.3) is 0 Å². The number of rotatable bonds is 5. The molecule has 0 aliphatic rings. The number of hydrogen-bond acceptors (Lipinski definition) is 4. The Morgan fingerprint density at radius 1 is 1.26 bits per heavy atom. The van der Waals surface area contributed by atoms with Gasteiger partial charge in [-0.1, -0.05) is 15.9 Å². The van der Waals surface area contributed by atoms with Crippen LogP contribution in [0.1, 0.15) is 29.8 Å². The summed E-state index contributed by atoms with van der Waals surface area (Å²) in [5.74, 6) is 0.313. The van der Waals surface area contributed by atoms with Crippen molar-refractivity contribution < 1.29 is 14.6 Å². The highest BCUT2D eigenvalue weighted by atomic mass is 79.9. The van der Waals surface area contributed by atoms with Crippen LogP contribution in [0.15, 0.2) is 52.0 Å². The number of hydrogen-bond donors (Lipinski definition) is 2. The minimum atomic E-state index is -0.364. The van der Waals surface area contributed by atoms with Gasteiger partial charge in [0.15, 0.2) is 0 Å². The Balaban J connectivity index is 2.10. The largest absolute Gasteiger partial charge is 0.508 e. The van der Waals surface area contributed by atoms with Crippen LogP contribution in [0.2, 0.25) is 0 Å². The Bertz CT molecular complexity index is 712. The summed E-state index contributed by atoms with van der Waals surface area (Å²) in [6.45, 7) is 3.79. The van der Waals surface area contributed by atoms with E-state index in [1.165, 1.54) is 6.21 Å². The van der Waals surface area contributed by atoms with Crippen molar-refractivity contribution in [2.75, 3.05) is 0 Å². The maximum absolute atomic E-state index is 12.3. The van der Waals surface area contributed by atoms with Gasteiger partial charge < -0.3 is 9.84 Å². The summed E-state index contributed by atoms with van der Waals surface area (Å²) in [6, 6.07) is 11.7. The molecule has 5 nitrogen and oxygen atoms in total. The van der Waals surface area contributed by atoms with Gasteiger partial charge in [0, 0.05) is 4.47 Å². The van der Waals surface area contributed by atoms with E-state index in [4.69, 9.17) is 4.74 Å². The third kappa shape index (κ3) is 5.10. The quantitative estimate of drug-likeness (QED) is 0.617. The van der Waals surface area contributed by atoms with Crippen molar-refractivity contribution in [1.29, 1.82) is 0 Å². The fourth-order valence-electron chi connectivity index (χ4n) is 1.82. The van der Waals surface area contributed by atoms with E-state index in [0.717, 1.165) is 10.0 Å². The summed E-state index contributed by atoms with van der Waals surface area (Å²) in [5, 5.41) is 13.1. The number of carbonyl (C=O) groups excluding carboxylic acids is 1. The predicted molar refractivity (Wildman–Crippen MR) is 93.1 cm³/mol. The number of nitrogens with zero attached hydrogens (tertiary/aromatic N) is 1. The SMILES string of the molecule is CC(C)Oc1ccc(Br)cc1C(=O)N/N=C\c1ccc(O)cc1. The van der Waals surface area contributed by atoms with Crippen LogP contribution in [0.4, 0.5) is 0 Å². The zero-order valence-corrected chi connectivity index (χ0v) is 14.4. The van der Waals surface area contributed by atoms with E-state index in [9.17, 15) is 9.90 Å². The van der Waals surface area contributed by atoms with Gasteiger partial charge >= 0.3 is 0 Å². The molecule has 0 unspecified atom stereocenters. The molecule has 6 heteroatoms. The average Bonchev–Trinajstić information content (AvgIpc) is 2.50. The lowest BCUT2D eigenvalue weighted by molar-refractivity contribution is 0.0949. The first-order valence-corrected chi connectivity index (χ1v) is 7.83. The molecule has 0 saturated heterocycles. The molecule has 0 saturated carbocycles. The van der Waals surface area contributed by atoms with Gasteiger partial charge in [-0.05, 0) is 61.9 Å². The van der Waals surface area contributed by atoms with Crippen molar-refractivity contribution >= 4 is 28.1 Å². The zero-order valence-electron chi connectivity index (χ0n) is 12.8. The number of benzene rings is 2. The first-order chi connectivity index (χ1) is 11.0. The van der Waals surface area contributed by atoms with Gasteiger partial charge in [0.1, 0.15) is 11.5 Å². The van der Waals surface area contributed by atoms with Gasteiger partial charge in [0.05, 0.1) is 17.9 Å². The molecule has 0 aliphatic heterocycles. The van der Waals surface area contributed by atoms with Gasteiger partial charge in [0.25, 0.3) is 5.91 Å². The molecule has 2 rings (SSSR count). The van der Waals surface area contributed by atoms with Crippen LogP contribution < -0.4 is 10.2 Å². The zero-order chi connectivity index (χ0) is 16.8. The van der Waals surface area contributed by atoms with Crippen molar-refractivity contribution in [3.63, 3.8) is 0 Å². The normalized spacial score (nSPS) is 11.0. The van der Waals surface area contributed by atoms with Crippen LogP contribution in [0, 0.1) is 0 Å². The number of halogens is 1. The van der Waals surface area contributed by atoms with Crippen LogP contribution in [0.3, 0.4) is 0 Å². The van der Waals surface area contributed by atoms with Gasteiger partial charge in [-0.15, -0.1) is 0 Å².